The second-order valence-corrected chi connectivity index (χ2v) is 0.568. The van der Waals surface area contributed by atoms with Gasteiger partial charge in [-0.1, -0.05) is 0 Å². The van der Waals surface area contributed by atoms with E-state index in [9.17, 15) is 0 Å². The van der Waals surface area contributed by atoms with E-state index < -0.39 is 6.29 Å². The van der Waals surface area contributed by atoms with Crippen LogP contribution < -0.4 is 0 Å². The minimum atomic E-state index is -0.731. The summed E-state index contributed by atoms with van der Waals surface area (Å²) in [5.74, 6) is 0. The molecule has 0 aromatic carbocycles. The largest absolute Gasteiger partial charge is 0.368 e. The molecule has 0 bridgehead atoms. The molecule has 0 rings (SSSR count). The van der Waals surface area contributed by atoms with Crippen molar-refractivity contribution in [3.8, 4) is 0 Å². The third kappa shape index (κ3) is 254. The highest BCUT2D eigenvalue weighted by Crippen LogP contribution is 1.57. The molecular weight excluding hydrogens is 56.0 g/mol. The lowest BCUT2D eigenvalue weighted by Crippen LogP contribution is -1.92. The van der Waals surface area contributed by atoms with E-state index in [0.29, 0.717) is 0 Å². The maximum absolute atomic E-state index is 6.06. The Morgan fingerprint density at radius 1 is 2.00 bits per heavy atom. The first-order valence-corrected chi connectivity index (χ1v) is 1.05. The Kier molecular flexibility index (Phi) is 0.436. The third-order valence-corrected chi connectivity index (χ3v) is 0. The monoisotopic (exact) mass is 66.1 g/mol. The Hall–Kier alpha value is -0.0800. The van der Waals surface area contributed by atoms with Gasteiger partial charge in [0.05, 0.1) is 0 Å². The van der Waals surface area contributed by atoms with Gasteiger partial charge in [-0.2, -0.15) is 0 Å². The molecule has 26 valence electrons. The van der Waals surface area contributed by atoms with E-state index in [2.05, 4.69) is 10.2 Å². The molecule has 0 aliphatic heterocycles. The van der Waals surface area contributed by atoms with Gasteiger partial charge in [0.2, 0.25) is 2.86 Å². The van der Waals surface area contributed by atoms with E-state index in [0.717, 1.165) is 0 Å². The van der Waals surface area contributed by atoms with E-state index in [1.165, 1.54) is 6.92 Å². The highest BCUT2D eigenvalue weighted by atomic mass is 16.5. The summed E-state index contributed by atoms with van der Waals surface area (Å²) >= 11 is 0. The average Bonchev–Trinajstić information content (AvgIpc) is 1.65. The van der Waals surface area contributed by atoms with Gasteiger partial charge in [-0.3, -0.25) is 0 Å². The van der Waals surface area contributed by atoms with E-state index in [-0.39, 0.29) is 0 Å². The number of hydrogen-bond acceptors (Lipinski definition) is 2. The molecule has 0 aromatic rings. The lowest BCUT2D eigenvalue weighted by Gasteiger charge is -1.80. The molecule has 0 fully saturated rings. The molecule has 0 aliphatic rings. The summed E-state index contributed by atoms with van der Waals surface area (Å²) in [5, 5.41) is 7.48. The predicted octanol–water partition coefficient (Wildman–Crippen LogP) is -0.683. The van der Waals surface area contributed by atoms with Crippen molar-refractivity contribution in [1.82, 2.24) is 0 Å². The second-order valence-electron chi connectivity index (χ2n) is 0.568. The van der Waals surface area contributed by atoms with Crippen molar-refractivity contribution >= 4 is 0 Å². The molecule has 0 atom stereocenters. The number of aliphatic hydroxyl groups is 2. The third-order valence-electron chi connectivity index (χ3n) is 0. The van der Waals surface area contributed by atoms with Crippen LogP contribution in [0.3, 0.4) is 0 Å². The topological polar surface area (TPSA) is 40.5 Å². The number of hydrogen-bond donors (Lipinski definition) is 2. The summed E-state index contributed by atoms with van der Waals surface area (Å²) in [7, 11) is 0. The zero-order valence-electron chi connectivity index (χ0n) is 4.39. The summed E-state index contributed by atoms with van der Waals surface area (Å²) < 4.78 is 12.1. The van der Waals surface area contributed by atoms with Gasteiger partial charge in [0, 0.05) is 0 Å². The SMILES string of the molecule is [3H]OC(C)O[3H]. The Morgan fingerprint density at radius 3 is 2.50 bits per heavy atom. The molecule has 0 amide bonds. The van der Waals surface area contributed by atoms with Crippen LogP contribution >= 0.6 is 0 Å². The standard InChI is InChI=1S/C2H6O2/c1-2(3)4/h2-4H,1H3/i3T,4T. The van der Waals surface area contributed by atoms with Crippen molar-refractivity contribution in [2.75, 3.05) is 0 Å². The molecular formula is C2H6O2. The van der Waals surface area contributed by atoms with Crippen LogP contribution in [-0.4, -0.2) is 19.4 Å². The van der Waals surface area contributed by atoms with Crippen molar-refractivity contribution in [3.63, 3.8) is 0 Å². The normalized spacial score (nSPS) is 15.5. The van der Waals surface area contributed by atoms with Crippen LogP contribution in [0, 0.1) is 0 Å². The van der Waals surface area contributed by atoms with E-state index in [1.54, 1.807) is 0 Å². The quantitative estimate of drug-likeness (QED) is 0.419. The van der Waals surface area contributed by atoms with Gasteiger partial charge in [0.1, 0.15) is 6.29 Å². The zero-order chi connectivity index (χ0) is 4.99. The van der Waals surface area contributed by atoms with Gasteiger partial charge in [0.25, 0.3) is 0 Å². The van der Waals surface area contributed by atoms with Crippen molar-refractivity contribution in [1.29, 1.82) is 2.86 Å². The average molecular weight is 66.1 g/mol. The van der Waals surface area contributed by atoms with Gasteiger partial charge < -0.3 is 10.2 Å². The van der Waals surface area contributed by atoms with Crippen molar-refractivity contribution in [2.45, 2.75) is 13.2 Å². The van der Waals surface area contributed by atoms with Gasteiger partial charge >= 0.3 is 0 Å². The van der Waals surface area contributed by atoms with Crippen LogP contribution in [0.5, 0.6) is 0 Å². The summed E-state index contributed by atoms with van der Waals surface area (Å²) in [4.78, 5) is 0. The van der Waals surface area contributed by atoms with Gasteiger partial charge in [-0.15, -0.1) is 0 Å². The lowest BCUT2D eigenvalue weighted by molar-refractivity contribution is -0.0228. The highest BCUT2D eigenvalue weighted by molar-refractivity contribution is 4.02. The minimum Gasteiger partial charge on any atom is -0.368 e. The molecule has 0 aliphatic carbocycles. The molecule has 2 nitrogen and oxygen atoms in total. The fourth-order valence-corrected chi connectivity index (χ4v) is 0. The molecule has 0 unspecified atom stereocenters. The fraction of sp³-hybridized carbons (Fsp3) is 1.00. The van der Waals surface area contributed by atoms with Gasteiger partial charge in [-0.25, -0.2) is 0 Å². The maximum atomic E-state index is 6.06. The Morgan fingerprint density at radius 2 is 2.50 bits per heavy atom. The smallest absolute Gasteiger partial charge is 0.213 e. The zero-order valence-corrected chi connectivity index (χ0v) is 2.39. The Bertz CT molecular complexity index is 28.7. The molecule has 0 radical (unpaired) electrons. The summed E-state index contributed by atoms with van der Waals surface area (Å²) in [5.41, 5.74) is 0. The van der Waals surface area contributed by atoms with Crippen LogP contribution in [0.1, 0.15) is 6.92 Å². The van der Waals surface area contributed by atoms with Crippen LogP contribution in [0.2, 0.25) is 0 Å². The van der Waals surface area contributed by atoms with E-state index in [4.69, 9.17) is 2.86 Å². The summed E-state index contributed by atoms with van der Waals surface area (Å²) in [6.45, 7) is 1.46. The van der Waals surface area contributed by atoms with E-state index in [1.807, 2.05) is 0 Å². The molecule has 4 heavy (non-hydrogen) atoms. The lowest BCUT2D eigenvalue weighted by atomic mass is 10.8. The van der Waals surface area contributed by atoms with E-state index >= 15 is 0 Å². The van der Waals surface area contributed by atoms with Crippen LogP contribution in [0.4, 0.5) is 0 Å². The summed E-state index contributed by atoms with van der Waals surface area (Å²) in [6, 6.07) is 0. The minimum absolute atomic E-state index is 0.731. The van der Waals surface area contributed by atoms with Crippen LogP contribution in [0.15, 0.2) is 0 Å². The summed E-state index contributed by atoms with van der Waals surface area (Å²) in [6.07, 6.45) is -0.731. The number of rotatable bonds is 2. The van der Waals surface area contributed by atoms with Crippen LogP contribution in [0.25, 0.3) is 0 Å². The van der Waals surface area contributed by atoms with Gasteiger partial charge in [0.15, 0.2) is 0 Å². The maximum Gasteiger partial charge on any atom is 0.213 e. The predicted molar refractivity (Wildman–Crippen MR) is 13.9 cm³/mol. The van der Waals surface area contributed by atoms with Gasteiger partial charge in [-0.05, 0) is 6.92 Å². The van der Waals surface area contributed by atoms with Crippen molar-refractivity contribution < 1.29 is 10.2 Å². The Balaban J connectivity index is 2.75. The first-order valence-electron chi connectivity index (χ1n) is 1.87. The van der Waals surface area contributed by atoms with Crippen molar-refractivity contribution in [2.24, 2.45) is 0 Å². The molecule has 0 saturated heterocycles. The van der Waals surface area contributed by atoms with Crippen molar-refractivity contribution in [3.05, 3.63) is 0 Å². The number of aliphatic hydroxyl groups excluding tert-OH is 1. The molecule has 0 heterocycles. The van der Waals surface area contributed by atoms with Crippen LogP contribution in [-0.2, 0) is 0 Å². The molecule has 2 heteroatoms. The first-order chi connectivity index (χ1) is 2.81. The second kappa shape index (κ2) is 1.26. The fourth-order valence-electron chi connectivity index (χ4n) is 0. The molecule has 2 N–H and O–H groups in total. The molecule has 0 spiro atoms. The Labute approximate surface area is 27.7 Å². The molecule has 0 aromatic heterocycles. The highest BCUT2D eigenvalue weighted by Gasteiger charge is 1.70. The molecule has 0 saturated carbocycles. The first kappa shape index (κ1) is 1.38.